The summed E-state index contributed by atoms with van der Waals surface area (Å²) >= 11 is 0. The monoisotopic (exact) mass is 308 g/mol. The molecule has 4 nitrogen and oxygen atoms in total. The molecule has 3 aliphatic rings. The van der Waals surface area contributed by atoms with Crippen molar-refractivity contribution >= 4 is 5.91 Å². The van der Waals surface area contributed by atoms with Gasteiger partial charge in [0.2, 0.25) is 5.91 Å². The van der Waals surface area contributed by atoms with Crippen LogP contribution in [0.15, 0.2) is 0 Å². The topological polar surface area (TPSA) is 41.6 Å². The maximum absolute atomic E-state index is 12.4. The van der Waals surface area contributed by atoms with Gasteiger partial charge in [-0.25, -0.2) is 0 Å². The molecule has 2 aliphatic carbocycles. The maximum Gasteiger partial charge on any atom is 0.237 e. The molecule has 0 unspecified atom stereocenters. The molecule has 1 heterocycles. The molecule has 4 heteroatoms. The third-order valence-corrected chi connectivity index (χ3v) is 5.62. The second-order valence-electron chi connectivity index (χ2n) is 7.53. The standard InChI is InChI=1S/C18H32N2O2/c1-14(18(21)19-16-5-3-2-4-6-16)20-11-9-17(10-12-20)22-13-15-7-8-15/h14-17H,2-13H2,1H3,(H,19,21)/t14-/m0/s1. The average Bonchev–Trinajstić information content (AvgIpc) is 3.38. The van der Waals surface area contributed by atoms with Crippen molar-refractivity contribution in [1.82, 2.24) is 10.2 Å². The molecule has 1 saturated heterocycles. The minimum atomic E-state index is 0.00584. The Balaban J connectivity index is 1.36. The smallest absolute Gasteiger partial charge is 0.237 e. The van der Waals surface area contributed by atoms with Crippen LogP contribution in [0.3, 0.4) is 0 Å². The Hall–Kier alpha value is -0.610. The van der Waals surface area contributed by atoms with Crippen LogP contribution >= 0.6 is 0 Å². The molecule has 0 aromatic rings. The predicted molar refractivity (Wildman–Crippen MR) is 87.7 cm³/mol. The lowest BCUT2D eigenvalue weighted by Gasteiger charge is -2.36. The summed E-state index contributed by atoms with van der Waals surface area (Å²) in [6.45, 7) is 5.01. The van der Waals surface area contributed by atoms with Gasteiger partial charge in [0.1, 0.15) is 0 Å². The number of amides is 1. The molecule has 0 spiro atoms. The molecule has 1 atom stereocenters. The van der Waals surface area contributed by atoms with E-state index in [1.165, 1.54) is 32.1 Å². The van der Waals surface area contributed by atoms with Crippen LogP contribution in [-0.2, 0) is 9.53 Å². The summed E-state index contributed by atoms with van der Waals surface area (Å²) in [7, 11) is 0. The average molecular weight is 308 g/mol. The zero-order valence-electron chi connectivity index (χ0n) is 14.1. The van der Waals surface area contributed by atoms with Gasteiger partial charge in [0.05, 0.1) is 12.1 Å². The van der Waals surface area contributed by atoms with E-state index in [0.29, 0.717) is 12.1 Å². The first-order valence-electron chi connectivity index (χ1n) is 9.38. The molecule has 0 bridgehead atoms. The molecular formula is C18H32N2O2. The summed E-state index contributed by atoms with van der Waals surface area (Å²) in [5, 5.41) is 3.26. The number of nitrogens with one attached hydrogen (secondary N) is 1. The van der Waals surface area contributed by atoms with Crippen LogP contribution in [0.1, 0.15) is 64.7 Å². The first-order valence-corrected chi connectivity index (χ1v) is 9.38. The van der Waals surface area contributed by atoms with Crippen LogP contribution in [0.2, 0.25) is 0 Å². The normalized spacial score (nSPS) is 26.8. The Morgan fingerprint density at radius 1 is 1.09 bits per heavy atom. The molecular weight excluding hydrogens is 276 g/mol. The maximum atomic E-state index is 12.4. The van der Waals surface area contributed by atoms with E-state index < -0.39 is 0 Å². The number of hydrogen-bond donors (Lipinski definition) is 1. The van der Waals surface area contributed by atoms with Crippen molar-refractivity contribution in [2.75, 3.05) is 19.7 Å². The van der Waals surface area contributed by atoms with Crippen LogP contribution in [0.5, 0.6) is 0 Å². The van der Waals surface area contributed by atoms with Crippen molar-refractivity contribution in [3.8, 4) is 0 Å². The van der Waals surface area contributed by atoms with E-state index in [4.69, 9.17) is 4.74 Å². The summed E-state index contributed by atoms with van der Waals surface area (Å²) in [5.41, 5.74) is 0. The van der Waals surface area contributed by atoms with Crippen molar-refractivity contribution < 1.29 is 9.53 Å². The number of piperidine rings is 1. The van der Waals surface area contributed by atoms with Crippen LogP contribution < -0.4 is 5.32 Å². The van der Waals surface area contributed by atoms with Crippen molar-refractivity contribution in [1.29, 1.82) is 0 Å². The van der Waals surface area contributed by atoms with E-state index in [-0.39, 0.29) is 11.9 Å². The van der Waals surface area contributed by atoms with Crippen LogP contribution in [0, 0.1) is 5.92 Å². The molecule has 0 aromatic heterocycles. The molecule has 1 aliphatic heterocycles. The number of nitrogens with zero attached hydrogens (tertiary/aromatic N) is 1. The van der Waals surface area contributed by atoms with E-state index in [0.717, 1.165) is 51.3 Å². The van der Waals surface area contributed by atoms with Crippen molar-refractivity contribution in [2.24, 2.45) is 5.92 Å². The Morgan fingerprint density at radius 3 is 2.41 bits per heavy atom. The lowest BCUT2D eigenvalue weighted by atomic mass is 9.95. The van der Waals surface area contributed by atoms with E-state index in [9.17, 15) is 4.79 Å². The number of hydrogen-bond acceptors (Lipinski definition) is 3. The highest BCUT2D eigenvalue weighted by atomic mass is 16.5. The van der Waals surface area contributed by atoms with Crippen LogP contribution in [0.4, 0.5) is 0 Å². The number of carbonyl (C=O) groups excluding carboxylic acids is 1. The van der Waals surface area contributed by atoms with Crippen molar-refractivity contribution in [3.63, 3.8) is 0 Å². The second kappa shape index (κ2) is 7.78. The van der Waals surface area contributed by atoms with Gasteiger partial charge in [0.25, 0.3) is 0 Å². The third kappa shape index (κ3) is 4.69. The molecule has 22 heavy (non-hydrogen) atoms. The second-order valence-corrected chi connectivity index (χ2v) is 7.53. The van der Waals surface area contributed by atoms with Gasteiger partial charge < -0.3 is 10.1 Å². The minimum absolute atomic E-state index is 0.00584. The molecule has 1 N–H and O–H groups in total. The van der Waals surface area contributed by atoms with Gasteiger partial charge in [-0.15, -0.1) is 0 Å². The van der Waals surface area contributed by atoms with Crippen molar-refractivity contribution in [2.45, 2.75) is 82.9 Å². The molecule has 0 radical (unpaired) electrons. The first kappa shape index (κ1) is 16.3. The third-order valence-electron chi connectivity index (χ3n) is 5.62. The van der Waals surface area contributed by atoms with E-state index >= 15 is 0 Å². The Kier molecular flexibility index (Phi) is 5.75. The Bertz CT molecular complexity index is 356. The lowest BCUT2D eigenvalue weighted by Crippen LogP contribution is -2.51. The predicted octanol–water partition coefficient (Wildman–Crippen LogP) is 2.71. The van der Waals surface area contributed by atoms with E-state index in [1.54, 1.807) is 0 Å². The quantitative estimate of drug-likeness (QED) is 0.820. The summed E-state index contributed by atoms with van der Waals surface area (Å²) < 4.78 is 5.99. The molecule has 1 amide bonds. The summed E-state index contributed by atoms with van der Waals surface area (Å²) in [4.78, 5) is 14.8. The van der Waals surface area contributed by atoms with Gasteiger partial charge in [-0.3, -0.25) is 9.69 Å². The Morgan fingerprint density at radius 2 is 1.77 bits per heavy atom. The first-order chi connectivity index (χ1) is 10.7. The molecule has 3 rings (SSSR count). The molecule has 2 saturated carbocycles. The number of carbonyl (C=O) groups is 1. The lowest BCUT2D eigenvalue weighted by molar-refractivity contribution is -0.128. The highest BCUT2D eigenvalue weighted by Gasteiger charge is 2.29. The summed E-state index contributed by atoms with van der Waals surface area (Å²) in [6.07, 6.45) is 11.5. The fourth-order valence-electron chi connectivity index (χ4n) is 3.72. The van der Waals surface area contributed by atoms with Crippen LogP contribution in [-0.4, -0.2) is 48.7 Å². The largest absolute Gasteiger partial charge is 0.378 e. The molecule has 3 fully saturated rings. The van der Waals surface area contributed by atoms with Gasteiger partial charge in [-0.2, -0.15) is 0 Å². The van der Waals surface area contributed by atoms with Crippen LogP contribution in [0.25, 0.3) is 0 Å². The van der Waals surface area contributed by atoms with Gasteiger partial charge in [0.15, 0.2) is 0 Å². The highest BCUT2D eigenvalue weighted by molar-refractivity contribution is 5.81. The summed E-state index contributed by atoms with van der Waals surface area (Å²) in [5.74, 6) is 1.07. The summed E-state index contributed by atoms with van der Waals surface area (Å²) in [6, 6.07) is 0.425. The zero-order valence-corrected chi connectivity index (χ0v) is 14.1. The van der Waals surface area contributed by atoms with Gasteiger partial charge in [-0.1, -0.05) is 19.3 Å². The number of likely N-dealkylation sites (tertiary alicyclic amines) is 1. The fourth-order valence-corrected chi connectivity index (χ4v) is 3.72. The minimum Gasteiger partial charge on any atom is -0.378 e. The van der Waals surface area contributed by atoms with E-state index in [1.807, 2.05) is 0 Å². The molecule has 126 valence electrons. The van der Waals surface area contributed by atoms with Crippen molar-refractivity contribution in [3.05, 3.63) is 0 Å². The highest BCUT2D eigenvalue weighted by Crippen LogP contribution is 2.30. The molecule has 0 aromatic carbocycles. The SMILES string of the molecule is C[C@@H](C(=O)NC1CCCCC1)N1CCC(OCC2CC2)CC1. The van der Waals surface area contributed by atoms with Gasteiger partial charge in [0, 0.05) is 25.7 Å². The zero-order chi connectivity index (χ0) is 15.4. The van der Waals surface area contributed by atoms with Gasteiger partial charge in [-0.05, 0) is 51.4 Å². The number of ether oxygens (including phenoxy) is 1. The van der Waals surface area contributed by atoms with Gasteiger partial charge >= 0.3 is 0 Å². The van der Waals surface area contributed by atoms with E-state index in [2.05, 4.69) is 17.1 Å². The Labute approximate surface area is 135 Å². The number of rotatable bonds is 6. The fraction of sp³-hybridized carbons (Fsp3) is 0.944.